The first-order chi connectivity index (χ1) is 40.5. The zero-order chi connectivity index (χ0) is 59.2. The molecule has 0 aliphatic heterocycles. The van der Waals surface area contributed by atoms with Gasteiger partial charge in [-0.25, -0.2) is 0 Å². The highest BCUT2D eigenvalue weighted by molar-refractivity contribution is 5.71. The summed E-state index contributed by atoms with van der Waals surface area (Å²) in [5.41, 5.74) is 0. The number of allylic oxidation sites excluding steroid dienone is 12. The van der Waals surface area contributed by atoms with E-state index >= 15 is 0 Å². The van der Waals surface area contributed by atoms with Gasteiger partial charge < -0.3 is 14.2 Å². The summed E-state index contributed by atoms with van der Waals surface area (Å²) in [6.07, 6.45) is 92.1. The van der Waals surface area contributed by atoms with Crippen LogP contribution in [-0.4, -0.2) is 37.2 Å². The summed E-state index contributed by atoms with van der Waals surface area (Å²) in [5, 5.41) is 0. The molecule has 0 saturated carbocycles. The Bertz CT molecular complexity index is 1500. The van der Waals surface area contributed by atoms with Crippen molar-refractivity contribution in [3.63, 3.8) is 0 Å². The Balaban J connectivity index is 4.30. The molecular formula is C76H136O6. The zero-order valence-electron chi connectivity index (χ0n) is 54.8. The van der Waals surface area contributed by atoms with Gasteiger partial charge in [0.05, 0.1) is 0 Å². The zero-order valence-corrected chi connectivity index (χ0v) is 54.8. The van der Waals surface area contributed by atoms with Crippen LogP contribution in [0.5, 0.6) is 0 Å². The minimum atomic E-state index is -0.780. The van der Waals surface area contributed by atoms with Crippen molar-refractivity contribution >= 4 is 17.9 Å². The van der Waals surface area contributed by atoms with Crippen molar-refractivity contribution in [2.24, 2.45) is 0 Å². The standard InChI is InChI=1S/C76H136O6/c1-4-7-10-13-16-19-22-25-28-31-33-35-36-37-38-39-40-42-43-45-48-51-54-57-60-63-66-69-75(78)81-72-73(71-80-74(77)68-65-62-59-56-53-50-47-30-27-24-21-18-15-12-9-6-3)82-76(79)70-67-64-61-58-55-52-49-46-44-41-34-32-29-26-23-20-17-14-11-8-5-2/h8,11,17,20,22,25-26,29,31,33-34,41,73H,4-7,9-10,12-16,18-19,21,23-24,27-28,30,32,35-40,42-72H2,1-3H3/b11-8-,20-17-,25-22-,29-26-,33-31-,41-34-. The number of hydrogen-bond acceptors (Lipinski definition) is 6. The molecule has 0 aromatic heterocycles. The summed E-state index contributed by atoms with van der Waals surface area (Å²) in [5.74, 6) is -0.858. The highest BCUT2D eigenvalue weighted by atomic mass is 16.6. The van der Waals surface area contributed by atoms with Crippen LogP contribution in [0, 0.1) is 0 Å². The molecule has 0 aliphatic rings. The van der Waals surface area contributed by atoms with Crippen molar-refractivity contribution in [3.05, 3.63) is 72.9 Å². The van der Waals surface area contributed by atoms with Gasteiger partial charge in [-0.2, -0.15) is 0 Å². The Labute approximate surface area is 510 Å². The number of carbonyl (C=O) groups excluding carboxylic acids is 3. The second kappa shape index (κ2) is 70.3. The smallest absolute Gasteiger partial charge is 0.306 e. The third-order valence-corrected chi connectivity index (χ3v) is 15.9. The molecule has 6 heteroatoms. The third kappa shape index (κ3) is 67.6. The summed E-state index contributed by atoms with van der Waals surface area (Å²) < 4.78 is 17.0. The van der Waals surface area contributed by atoms with E-state index in [1.54, 1.807) is 0 Å². The second-order valence-corrected chi connectivity index (χ2v) is 24.1. The van der Waals surface area contributed by atoms with Gasteiger partial charge in [0.2, 0.25) is 0 Å². The number of unbranched alkanes of at least 4 members (excludes halogenated alkanes) is 43. The maximum Gasteiger partial charge on any atom is 0.306 e. The molecule has 0 amide bonds. The van der Waals surface area contributed by atoms with Gasteiger partial charge in [0, 0.05) is 19.3 Å². The SMILES string of the molecule is CC/C=C\C/C=C\C/C=C\C/C=C\CCCCCCCCCCC(=O)OC(COC(=O)CCCCCCCCCCCCCCCCCC)COC(=O)CCCCCCCCCCCCCCCCC/C=C\C/C=C\CCCCCCC. The Hall–Kier alpha value is -3.15. The molecule has 6 nitrogen and oxygen atoms in total. The molecule has 0 N–H and O–H groups in total. The van der Waals surface area contributed by atoms with Crippen molar-refractivity contribution in [2.75, 3.05) is 13.2 Å². The van der Waals surface area contributed by atoms with Crippen LogP contribution in [0.3, 0.4) is 0 Å². The van der Waals surface area contributed by atoms with Crippen molar-refractivity contribution in [1.29, 1.82) is 0 Å². The molecule has 0 bridgehead atoms. The quantitative estimate of drug-likeness (QED) is 0.0261. The van der Waals surface area contributed by atoms with Crippen LogP contribution in [-0.2, 0) is 28.6 Å². The van der Waals surface area contributed by atoms with E-state index in [-0.39, 0.29) is 31.1 Å². The van der Waals surface area contributed by atoms with Crippen molar-refractivity contribution in [3.8, 4) is 0 Å². The largest absolute Gasteiger partial charge is 0.462 e. The van der Waals surface area contributed by atoms with E-state index < -0.39 is 6.10 Å². The fourth-order valence-corrected chi connectivity index (χ4v) is 10.6. The summed E-state index contributed by atoms with van der Waals surface area (Å²) >= 11 is 0. The topological polar surface area (TPSA) is 78.9 Å². The Kier molecular flexibility index (Phi) is 67.6. The predicted octanol–water partition coefficient (Wildman–Crippen LogP) is 24.8. The number of hydrogen-bond donors (Lipinski definition) is 0. The maximum atomic E-state index is 13.0. The molecule has 0 aromatic rings. The van der Waals surface area contributed by atoms with E-state index in [9.17, 15) is 14.4 Å². The second-order valence-electron chi connectivity index (χ2n) is 24.1. The Morgan fingerprint density at radius 3 is 0.744 bits per heavy atom. The van der Waals surface area contributed by atoms with Crippen molar-refractivity contribution in [2.45, 2.75) is 380 Å². The summed E-state index contributed by atoms with van der Waals surface area (Å²) in [6.45, 7) is 6.57. The lowest BCUT2D eigenvalue weighted by atomic mass is 10.0. The van der Waals surface area contributed by atoms with Crippen LogP contribution in [0.4, 0.5) is 0 Å². The molecule has 0 spiro atoms. The average molecular weight is 1150 g/mol. The predicted molar refractivity (Wildman–Crippen MR) is 358 cm³/mol. The van der Waals surface area contributed by atoms with Gasteiger partial charge in [-0.3, -0.25) is 14.4 Å². The molecule has 0 rings (SSSR count). The monoisotopic (exact) mass is 1150 g/mol. The molecule has 0 fully saturated rings. The fraction of sp³-hybridized carbons (Fsp3) is 0.803. The lowest BCUT2D eigenvalue weighted by molar-refractivity contribution is -0.167. The van der Waals surface area contributed by atoms with Crippen LogP contribution < -0.4 is 0 Å². The minimum absolute atomic E-state index is 0.0741. The molecule has 0 radical (unpaired) electrons. The van der Waals surface area contributed by atoms with Gasteiger partial charge in [0.15, 0.2) is 6.10 Å². The van der Waals surface area contributed by atoms with Crippen molar-refractivity contribution < 1.29 is 28.6 Å². The van der Waals surface area contributed by atoms with Crippen LogP contribution in [0.1, 0.15) is 374 Å². The van der Waals surface area contributed by atoms with E-state index in [2.05, 4.69) is 93.7 Å². The van der Waals surface area contributed by atoms with E-state index in [4.69, 9.17) is 14.2 Å². The number of esters is 3. The first-order valence-electron chi connectivity index (χ1n) is 35.9. The van der Waals surface area contributed by atoms with Gasteiger partial charge in [-0.15, -0.1) is 0 Å². The summed E-state index contributed by atoms with van der Waals surface area (Å²) in [7, 11) is 0. The highest BCUT2D eigenvalue weighted by Crippen LogP contribution is 2.18. The first-order valence-corrected chi connectivity index (χ1v) is 35.9. The summed E-state index contributed by atoms with van der Waals surface area (Å²) in [4.78, 5) is 38.5. The van der Waals surface area contributed by atoms with Gasteiger partial charge >= 0.3 is 17.9 Å². The van der Waals surface area contributed by atoms with Crippen LogP contribution in [0.25, 0.3) is 0 Å². The summed E-state index contributed by atoms with van der Waals surface area (Å²) in [6, 6.07) is 0. The van der Waals surface area contributed by atoms with E-state index in [0.29, 0.717) is 19.3 Å². The van der Waals surface area contributed by atoms with E-state index in [0.717, 1.165) is 96.3 Å². The molecule has 0 aliphatic carbocycles. The molecule has 82 heavy (non-hydrogen) atoms. The van der Waals surface area contributed by atoms with E-state index in [1.807, 2.05) is 0 Å². The fourth-order valence-electron chi connectivity index (χ4n) is 10.6. The molecule has 0 saturated heterocycles. The van der Waals surface area contributed by atoms with Crippen LogP contribution >= 0.6 is 0 Å². The van der Waals surface area contributed by atoms with Crippen LogP contribution in [0.2, 0.25) is 0 Å². The van der Waals surface area contributed by atoms with E-state index in [1.165, 1.54) is 238 Å². The molecule has 0 heterocycles. The maximum absolute atomic E-state index is 13.0. The minimum Gasteiger partial charge on any atom is -0.462 e. The number of carbonyl (C=O) groups is 3. The van der Waals surface area contributed by atoms with Gasteiger partial charge in [-0.1, -0.05) is 338 Å². The molecule has 476 valence electrons. The molecule has 0 aromatic carbocycles. The third-order valence-electron chi connectivity index (χ3n) is 15.9. The number of ether oxygens (including phenoxy) is 3. The first kappa shape index (κ1) is 78.8. The van der Waals surface area contributed by atoms with Crippen LogP contribution in [0.15, 0.2) is 72.9 Å². The molecule has 1 atom stereocenters. The number of rotatable bonds is 66. The molecular weight excluding hydrogens is 1010 g/mol. The normalized spacial score (nSPS) is 12.5. The van der Waals surface area contributed by atoms with Gasteiger partial charge in [0.25, 0.3) is 0 Å². The average Bonchev–Trinajstić information content (AvgIpc) is 3.48. The molecule has 1 unspecified atom stereocenters. The van der Waals surface area contributed by atoms with Gasteiger partial charge in [-0.05, 0) is 89.9 Å². The Morgan fingerprint density at radius 1 is 0.256 bits per heavy atom. The lowest BCUT2D eigenvalue weighted by Gasteiger charge is -2.18. The van der Waals surface area contributed by atoms with Gasteiger partial charge in [0.1, 0.15) is 13.2 Å². The highest BCUT2D eigenvalue weighted by Gasteiger charge is 2.19. The Morgan fingerprint density at radius 2 is 0.476 bits per heavy atom. The lowest BCUT2D eigenvalue weighted by Crippen LogP contribution is -2.30. The van der Waals surface area contributed by atoms with Crippen molar-refractivity contribution in [1.82, 2.24) is 0 Å².